The minimum atomic E-state index is 0.105. The highest BCUT2D eigenvalue weighted by Crippen LogP contribution is 2.29. The molecule has 4 heteroatoms. The van der Waals surface area contributed by atoms with Crippen molar-refractivity contribution in [2.45, 2.75) is 52.1 Å². The van der Waals surface area contributed by atoms with Gasteiger partial charge in [0.1, 0.15) is 6.61 Å². The lowest BCUT2D eigenvalue weighted by Crippen LogP contribution is -2.38. The van der Waals surface area contributed by atoms with E-state index in [1.165, 1.54) is 19.3 Å². The maximum absolute atomic E-state index is 12.2. The van der Waals surface area contributed by atoms with Crippen LogP contribution >= 0.6 is 0 Å². The zero-order chi connectivity index (χ0) is 13.9. The Morgan fingerprint density at radius 3 is 2.79 bits per heavy atom. The molecule has 3 unspecified atom stereocenters. The number of rotatable bonds is 4. The highest BCUT2D eigenvalue weighted by atomic mass is 16.5. The second-order valence-electron chi connectivity index (χ2n) is 6.69. The zero-order valence-electron chi connectivity index (χ0n) is 12.4. The Bertz CT molecular complexity index is 321. The van der Waals surface area contributed by atoms with Crippen molar-refractivity contribution in [3.8, 4) is 0 Å². The maximum Gasteiger partial charge on any atom is 0.248 e. The summed E-state index contributed by atoms with van der Waals surface area (Å²) >= 11 is 0. The van der Waals surface area contributed by atoms with Crippen molar-refractivity contribution < 1.29 is 9.53 Å². The van der Waals surface area contributed by atoms with Crippen molar-refractivity contribution in [3.63, 3.8) is 0 Å². The first-order valence-corrected chi connectivity index (χ1v) is 7.63. The fraction of sp³-hybridized carbons (Fsp3) is 0.933. The van der Waals surface area contributed by atoms with Crippen LogP contribution in [-0.4, -0.2) is 43.2 Å². The molecule has 19 heavy (non-hydrogen) atoms. The van der Waals surface area contributed by atoms with Gasteiger partial charge in [-0.3, -0.25) is 4.79 Å². The molecule has 3 atom stereocenters. The highest BCUT2D eigenvalue weighted by molar-refractivity contribution is 5.77. The molecule has 2 N–H and O–H groups in total. The lowest BCUT2D eigenvalue weighted by Gasteiger charge is -2.29. The van der Waals surface area contributed by atoms with Gasteiger partial charge in [0.25, 0.3) is 0 Å². The number of carbonyl (C=O) groups excluding carboxylic acids is 1. The molecule has 0 bridgehead atoms. The summed E-state index contributed by atoms with van der Waals surface area (Å²) in [5.74, 6) is 0.726. The number of likely N-dealkylation sites (tertiary alicyclic amines) is 1. The minimum Gasteiger partial charge on any atom is -0.368 e. The normalized spacial score (nSPS) is 35.6. The first kappa shape index (κ1) is 14.8. The molecule has 2 rings (SSSR count). The van der Waals surface area contributed by atoms with Crippen LogP contribution < -0.4 is 5.73 Å². The molecule has 0 spiro atoms. The van der Waals surface area contributed by atoms with Crippen LogP contribution in [0.5, 0.6) is 0 Å². The van der Waals surface area contributed by atoms with E-state index in [-0.39, 0.29) is 24.0 Å². The number of nitrogens with zero attached hydrogens (tertiary/aromatic N) is 1. The van der Waals surface area contributed by atoms with Crippen molar-refractivity contribution >= 4 is 5.91 Å². The molecule has 1 heterocycles. The third-order valence-corrected chi connectivity index (χ3v) is 4.86. The number of hydrogen-bond acceptors (Lipinski definition) is 3. The SMILES string of the molecule is CC1CCCCC1OCC(=O)N1CCC(C)(CN)C1. The summed E-state index contributed by atoms with van der Waals surface area (Å²) < 4.78 is 5.85. The van der Waals surface area contributed by atoms with Crippen molar-refractivity contribution in [2.75, 3.05) is 26.2 Å². The molecule has 2 fully saturated rings. The van der Waals surface area contributed by atoms with Crippen LogP contribution in [0, 0.1) is 11.3 Å². The highest BCUT2D eigenvalue weighted by Gasteiger charge is 2.35. The molecule has 0 radical (unpaired) electrons. The van der Waals surface area contributed by atoms with Crippen LogP contribution in [0.25, 0.3) is 0 Å². The van der Waals surface area contributed by atoms with Crippen LogP contribution in [0.4, 0.5) is 0 Å². The lowest BCUT2D eigenvalue weighted by molar-refractivity contribution is -0.139. The summed E-state index contributed by atoms with van der Waals surface area (Å²) in [5, 5.41) is 0. The topological polar surface area (TPSA) is 55.6 Å². The van der Waals surface area contributed by atoms with Gasteiger partial charge in [-0.15, -0.1) is 0 Å². The van der Waals surface area contributed by atoms with Crippen LogP contribution in [0.15, 0.2) is 0 Å². The molecule has 1 saturated carbocycles. The summed E-state index contributed by atoms with van der Waals surface area (Å²) in [6, 6.07) is 0. The molecule has 1 aliphatic carbocycles. The second kappa shape index (κ2) is 6.23. The van der Waals surface area contributed by atoms with E-state index < -0.39 is 0 Å². The fourth-order valence-electron chi connectivity index (χ4n) is 3.20. The Labute approximate surface area is 116 Å². The monoisotopic (exact) mass is 268 g/mol. The maximum atomic E-state index is 12.2. The second-order valence-corrected chi connectivity index (χ2v) is 6.69. The first-order chi connectivity index (χ1) is 9.04. The van der Waals surface area contributed by atoms with Crippen molar-refractivity contribution in [2.24, 2.45) is 17.1 Å². The summed E-state index contributed by atoms with van der Waals surface area (Å²) in [6.45, 7) is 6.90. The predicted octanol–water partition coefficient (Wildman–Crippen LogP) is 1.78. The largest absolute Gasteiger partial charge is 0.368 e. The molecular formula is C15H28N2O2. The quantitative estimate of drug-likeness (QED) is 0.845. The van der Waals surface area contributed by atoms with E-state index in [4.69, 9.17) is 10.5 Å². The van der Waals surface area contributed by atoms with E-state index in [1.54, 1.807) is 0 Å². The molecule has 110 valence electrons. The zero-order valence-corrected chi connectivity index (χ0v) is 12.4. The number of amides is 1. The number of hydrogen-bond donors (Lipinski definition) is 1. The average Bonchev–Trinajstić information content (AvgIpc) is 2.81. The molecule has 1 amide bonds. The van der Waals surface area contributed by atoms with Gasteiger partial charge in [0.05, 0.1) is 6.10 Å². The molecule has 1 saturated heterocycles. The summed E-state index contributed by atoms with van der Waals surface area (Å²) in [7, 11) is 0. The first-order valence-electron chi connectivity index (χ1n) is 7.63. The molecule has 2 aliphatic rings. The van der Waals surface area contributed by atoms with Crippen LogP contribution in [0.1, 0.15) is 46.0 Å². The standard InChI is InChI=1S/C15H28N2O2/c1-12-5-3-4-6-13(12)19-9-14(18)17-8-7-15(2,10-16)11-17/h12-13H,3-11,16H2,1-2H3. The third-order valence-electron chi connectivity index (χ3n) is 4.86. The average molecular weight is 268 g/mol. The third kappa shape index (κ3) is 3.69. The predicted molar refractivity (Wildman–Crippen MR) is 75.7 cm³/mol. The molecular weight excluding hydrogens is 240 g/mol. The van der Waals surface area contributed by atoms with Gasteiger partial charge >= 0.3 is 0 Å². The van der Waals surface area contributed by atoms with Crippen LogP contribution in [-0.2, 0) is 9.53 Å². The Kier molecular flexibility index (Phi) is 4.85. The van der Waals surface area contributed by atoms with E-state index in [2.05, 4.69) is 13.8 Å². The van der Waals surface area contributed by atoms with Crippen LogP contribution in [0.2, 0.25) is 0 Å². The summed E-state index contributed by atoms with van der Waals surface area (Å²) in [5.41, 5.74) is 5.88. The van der Waals surface area contributed by atoms with Gasteiger partial charge in [0, 0.05) is 13.1 Å². The van der Waals surface area contributed by atoms with E-state index >= 15 is 0 Å². The Morgan fingerprint density at radius 1 is 1.42 bits per heavy atom. The Balaban J connectivity index is 1.76. The van der Waals surface area contributed by atoms with Crippen molar-refractivity contribution in [3.05, 3.63) is 0 Å². The number of ether oxygens (including phenoxy) is 1. The van der Waals surface area contributed by atoms with E-state index in [0.29, 0.717) is 12.5 Å². The molecule has 4 nitrogen and oxygen atoms in total. The van der Waals surface area contributed by atoms with E-state index in [9.17, 15) is 4.79 Å². The summed E-state index contributed by atoms with van der Waals surface area (Å²) in [4.78, 5) is 14.1. The van der Waals surface area contributed by atoms with Gasteiger partial charge in [0.2, 0.25) is 5.91 Å². The van der Waals surface area contributed by atoms with E-state index in [1.807, 2.05) is 4.90 Å². The number of nitrogens with two attached hydrogens (primary N) is 1. The van der Waals surface area contributed by atoms with Gasteiger partial charge in [-0.05, 0) is 37.1 Å². The van der Waals surface area contributed by atoms with Gasteiger partial charge in [0.15, 0.2) is 0 Å². The van der Waals surface area contributed by atoms with Crippen molar-refractivity contribution in [1.82, 2.24) is 4.90 Å². The van der Waals surface area contributed by atoms with Gasteiger partial charge in [-0.1, -0.05) is 26.7 Å². The van der Waals surface area contributed by atoms with Gasteiger partial charge in [-0.25, -0.2) is 0 Å². The molecule has 1 aliphatic heterocycles. The lowest BCUT2D eigenvalue weighted by atomic mass is 9.88. The van der Waals surface area contributed by atoms with Crippen LogP contribution in [0.3, 0.4) is 0 Å². The fourth-order valence-corrected chi connectivity index (χ4v) is 3.20. The van der Waals surface area contributed by atoms with Gasteiger partial charge < -0.3 is 15.4 Å². The van der Waals surface area contributed by atoms with Crippen molar-refractivity contribution in [1.29, 1.82) is 0 Å². The Morgan fingerprint density at radius 2 is 2.16 bits per heavy atom. The smallest absolute Gasteiger partial charge is 0.248 e. The molecule has 0 aromatic rings. The van der Waals surface area contributed by atoms with Gasteiger partial charge in [-0.2, -0.15) is 0 Å². The minimum absolute atomic E-state index is 0.105. The molecule has 0 aromatic carbocycles. The number of carbonyl (C=O) groups is 1. The Hall–Kier alpha value is -0.610. The molecule has 0 aromatic heterocycles. The summed E-state index contributed by atoms with van der Waals surface area (Å²) in [6.07, 6.45) is 6.16. The van der Waals surface area contributed by atoms with E-state index in [0.717, 1.165) is 25.9 Å².